The maximum atomic E-state index is 12.8. The predicted octanol–water partition coefficient (Wildman–Crippen LogP) is 19.5. The first-order chi connectivity index (χ1) is 34.5. The minimum absolute atomic E-state index is 0.0997. The quantitative estimate of drug-likeness (QED) is 0.0262. The van der Waals surface area contributed by atoms with Crippen molar-refractivity contribution in [2.45, 2.75) is 264 Å². The normalized spacial score (nSPS) is 12.9. The lowest BCUT2D eigenvalue weighted by Crippen LogP contribution is -2.30. The molecule has 0 spiro atoms. The number of carbonyl (C=O) groups excluding carboxylic acids is 3. The fourth-order valence-corrected chi connectivity index (χ4v) is 7.65. The molecule has 6 nitrogen and oxygen atoms in total. The standard InChI is InChI=1S/C64H106O6/c1-4-7-10-13-16-19-22-24-26-28-30-31-32-33-35-36-38-40-42-45-48-51-54-57-63(66)69-60-61(59-68-62(65)56-53-50-47-44-21-18-15-12-9-6-3)70-64(67)58-55-52-49-46-43-41-39-37-34-29-27-25-23-20-17-14-11-8-5-2/h8,11-12,15,17,20,22,24-25,27-28,30,32-34,37,41,43,61H,4-7,9-10,13-14,16,18-19,21,23,26,29,31,35-36,38-40,42,44-60H2,1-3H3/b11-8-,15-12-,20-17-,24-22-,27-25-,30-28-,33-32-,37-34-,43-41-. The second-order valence-corrected chi connectivity index (χ2v) is 18.8. The summed E-state index contributed by atoms with van der Waals surface area (Å²) in [6.45, 7) is 6.41. The van der Waals surface area contributed by atoms with Gasteiger partial charge in [0.15, 0.2) is 6.10 Å². The highest BCUT2D eigenvalue weighted by Gasteiger charge is 2.19. The van der Waals surface area contributed by atoms with Gasteiger partial charge in [0.1, 0.15) is 13.2 Å². The van der Waals surface area contributed by atoms with E-state index in [9.17, 15) is 14.4 Å². The lowest BCUT2D eigenvalue weighted by molar-refractivity contribution is -0.167. The van der Waals surface area contributed by atoms with Crippen LogP contribution >= 0.6 is 0 Å². The van der Waals surface area contributed by atoms with E-state index >= 15 is 0 Å². The van der Waals surface area contributed by atoms with Crippen molar-refractivity contribution in [2.75, 3.05) is 13.2 Å². The van der Waals surface area contributed by atoms with Gasteiger partial charge in [0.05, 0.1) is 0 Å². The highest BCUT2D eigenvalue weighted by Crippen LogP contribution is 2.14. The van der Waals surface area contributed by atoms with Crippen LogP contribution in [0.5, 0.6) is 0 Å². The van der Waals surface area contributed by atoms with Gasteiger partial charge < -0.3 is 14.2 Å². The van der Waals surface area contributed by atoms with E-state index < -0.39 is 6.10 Å². The maximum absolute atomic E-state index is 12.8. The molecule has 0 aromatic rings. The van der Waals surface area contributed by atoms with Crippen LogP contribution in [-0.4, -0.2) is 37.2 Å². The summed E-state index contributed by atoms with van der Waals surface area (Å²) in [7, 11) is 0. The Morgan fingerprint density at radius 2 is 0.586 bits per heavy atom. The molecule has 0 aliphatic heterocycles. The minimum atomic E-state index is -0.804. The average molecular weight is 972 g/mol. The van der Waals surface area contributed by atoms with Gasteiger partial charge in [-0.05, 0) is 122 Å². The Morgan fingerprint density at radius 1 is 0.300 bits per heavy atom. The largest absolute Gasteiger partial charge is 0.462 e. The van der Waals surface area contributed by atoms with E-state index in [2.05, 4.69) is 130 Å². The van der Waals surface area contributed by atoms with Crippen molar-refractivity contribution >= 4 is 17.9 Å². The number of carbonyl (C=O) groups is 3. The summed E-state index contributed by atoms with van der Waals surface area (Å²) in [6.07, 6.45) is 78.0. The van der Waals surface area contributed by atoms with E-state index in [4.69, 9.17) is 14.2 Å². The summed E-state index contributed by atoms with van der Waals surface area (Å²) in [5, 5.41) is 0. The van der Waals surface area contributed by atoms with Crippen molar-refractivity contribution < 1.29 is 28.6 Å². The van der Waals surface area contributed by atoms with Crippen molar-refractivity contribution in [2.24, 2.45) is 0 Å². The molecule has 0 aromatic heterocycles. The second kappa shape index (κ2) is 57.6. The molecule has 0 aromatic carbocycles. The first-order valence-corrected chi connectivity index (χ1v) is 28.9. The van der Waals surface area contributed by atoms with Gasteiger partial charge in [0.25, 0.3) is 0 Å². The minimum Gasteiger partial charge on any atom is -0.462 e. The van der Waals surface area contributed by atoms with E-state index in [0.29, 0.717) is 12.8 Å². The van der Waals surface area contributed by atoms with Crippen LogP contribution in [0.25, 0.3) is 0 Å². The predicted molar refractivity (Wildman–Crippen MR) is 302 cm³/mol. The van der Waals surface area contributed by atoms with Gasteiger partial charge >= 0.3 is 17.9 Å². The van der Waals surface area contributed by atoms with Gasteiger partial charge in [-0.1, -0.05) is 226 Å². The van der Waals surface area contributed by atoms with Crippen LogP contribution in [0.2, 0.25) is 0 Å². The molecule has 0 bridgehead atoms. The average Bonchev–Trinajstić information content (AvgIpc) is 3.36. The first kappa shape index (κ1) is 66.1. The van der Waals surface area contributed by atoms with Crippen LogP contribution in [-0.2, 0) is 28.6 Å². The van der Waals surface area contributed by atoms with Crippen LogP contribution in [0.3, 0.4) is 0 Å². The lowest BCUT2D eigenvalue weighted by Gasteiger charge is -2.18. The van der Waals surface area contributed by atoms with Crippen molar-refractivity contribution in [1.82, 2.24) is 0 Å². The Bertz CT molecular complexity index is 1440. The smallest absolute Gasteiger partial charge is 0.306 e. The van der Waals surface area contributed by atoms with E-state index in [1.807, 2.05) is 0 Å². The highest BCUT2D eigenvalue weighted by atomic mass is 16.6. The molecule has 0 saturated carbocycles. The molecule has 0 radical (unpaired) electrons. The monoisotopic (exact) mass is 971 g/mol. The summed E-state index contributed by atoms with van der Waals surface area (Å²) >= 11 is 0. The van der Waals surface area contributed by atoms with Crippen LogP contribution in [0.15, 0.2) is 109 Å². The number of allylic oxidation sites excluding steroid dienone is 18. The first-order valence-electron chi connectivity index (χ1n) is 28.9. The highest BCUT2D eigenvalue weighted by molar-refractivity contribution is 5.71. The van der Waals surface area contributed by atoms with Crippen molar-refractivity contribution in [3.05, 3.63) is 109 Å². The lowest BCUT2D eigenvalue weighted by atomic mass is 10.1. The van der Waals surface area contributed by atoms with Crippen molar-refractivity contribution in [1.29, 1.82) is 0 Å². The fraction of sp³-hybridized carbons (Fsp3) is 0.672. The number of rotatable bonds is 51. The molecule has 70 heavy (non-hydrogen) atoms. The van der Waals surface area contributed by atoms with Gasteiger partial charge in [-0.2, -0.15) is 0 Å². The maximum Gasteiger partial charge on any atom is 0.306 e. The summed E-state index contributed by atoms with van der Waals surface area (Å²) in [6, 6.07) is 0. The van der Waals surface area contributed by atoms with E-state index in [0.717, 1.165) is 135 Å². The van der Waals surface area contributed by atoms with Crippen LogP contribution in [0.1, 0.15) is 258 Å². The van der Waals surface area contributed by atoms with Crippen molar-refractivity contribution in [3.8, 4) is 0 Å². The molecule has 0 rings (SSSR count). The third-order valence-electron chi connectivity index (χ3n) is 12.0. The molecule has 0 aliphatic rings. The molecule has 0 amide bonds. The topological polar surface area (TPSA) is 78.9 Å². The molecule has 1 unspecified atom stereocenters. The molecule has 6 heteroatoms. The molecule has 0 saturated heterocycles. The molecule has 0 fully saturated rings. The zero-order chi connectivity index (χ0) is 50.7. The Hall–Kier alpha value is -3.93. The fourth-order valence-electron chi connectivity index (χ4n) is 7.65. The SMILES string of the molecule is CC/C=C\C/C=C\C/C=C\C/C=C\C/C=C\CCCCCC(=O)OC(COC(=O)CCCCCCC/C=C\CCC)COC(=O)CCCCCCCCCC/C=C\C/C=C\C/C=C\CCCCCCC. The van der Waals surface area contributed by atoms with Crippen molar-refractivity contribution in [3.63, 3.8) is 0 Å². The summed E-state index contributed by atoms with van der Waals surface area (Å²) in [4.78, 5) is 38.1. The summed E-state index contributed by atoms with van der Waals surface area (Å²) in [5.41, 5.74) is 0. The molecule has 0 aliphatic carbocycles. The number of unbranched alkanes of at least 4 members (excludes halogenated alkanes) is 22. The molecule has 398 valence electrons. The Morgan fingerprint density at radius 3 is 0.957 bits per heavy atom. The number of ether oxygens (including phenoxy) is 3. The molecule has 1 atom stereocenters. The summed E-state index contributed by atoms with van der Waals surface area (Å²) in [5.74, 6) is -0.951. The van der Waals surface area contributed by atoms with Crippen LogP contribution < -0.4 is 0 Å². The zero-order valence-electron chi connectivity index (χ0n) is 45.5. The number of hydrogen-bond donors (Lipinski definition) is 0. The molecule has 0 N–H and O–H groups in total. The molecular formula is C64H106O6. The van der Waals surface area contributed by atoms with Crippen LogP contribution in [0, 0.1) is 0 Å². The molecule has 0 heterocycles. The number of esters is 3. The number of hydrogen-bond acceptors (Lipinski definition) is 6. The Kier molecular flexibility index (Phi) is 54.4. The van der Waals surface area contributed by atoms with E-state index in [-0.39, 0.29) is 37.5 Å². The molecular weight excluding hydrogens is 865 g/mol. The van der Waals surface area contributed by atoms with E-state index in [1.54, 1.807) is 0 Å². The van der Waals surface area contributed by atoms with Gasteiger partial charge in [0, 0.05) is 19.3 Å². The zero-order valence-corrected chi connectivity index (χ0v) is 45.5. The Labute approximate surface area is 431 Å². The van der Waals surface area contributed by atoms with Gasteiger partial charge in [0.2, 0.25) is 0 Å². The van der Waals surface area contributed by atoms with E-state index in [1.165, 1.54) is 83.5 Å². The third kappa shape index (κ3) is 55.0. The van der Waals surface area contributed by atoms with Gasteiger partial charge in [-0.3, -0.25) is 14.4 Å². The Balaban J connectivity index is 4.38. The third-order valence-corrected chi connectivity index (χ3v) is 12.0. The van der Waals surface area contributed by atoms with Gasteiger partial charge in [-0.15, -0.1) is 0 Å². The van der Waals surface area contributed by atoms with Gasteiger partial charge in [-0.25, -0.2) is 0 Å². The van der Waals surface area contributed by atoms with Crippen LogP contribution in [0.4, 0.5) is 0 Å². The summed E-state index contributed by atoms with van der Waals surface area (Å²) < 4.78 is 16.8. The second-order valence-electron chi connectivity index (χ2n) is 18.8.